The summed E-state index contributed by atoms with van der Waals surface area (Å²) in [6.07, 6.45) is 0.890. The number of rotatable bonds is 11. The van der Waals surface area contributed by atoms with E-state index in [9.17, 15) is 22.8 Å². The van der Waals surface area contributed by atoms with Crippen LogP contribution in [0.15, 0.2) is 27.7 Å². The van der Waals surface area contributed by atoms with Gasteiger partial charge in [0.25, 0.3) is 0 Å². The van der Waals surface area contributed by atoms with Crippen LogP contribution in [0.3, 0.4) is 0 Å². The Morgan fingerprint density at radius 1 is 0.978 bits per heavy atom. The molecule has 14 heteroatoms. The molecule has 0 atom stereocenters. The van der Waals surface area contributed by atoms with E-state index in [0.29, 0.717) is 6.42 Å². The lowest BCUT2D eigenvalue weighted by atomic mass is 10.0. The Kier molecular flexibility index (Phi) is 12.4. The van der Waals surface area contributed by atoms with Crippen LogP contribution < -0.4 is 10.1 Å². The van der Waals surface area contributed by atoms with Crippen LogP contribution in [0.1, 0.15) is 111 Å². The number of unbranched alkanes of at least 4 members (excludes halogenated alkanes) is 6. The molecule has 1 aliphatic rings. The summed E-state index contributed by atoms with van der Waals surface area (Å²) < 4.78 is 63.3. The van der Waals surface area contributed by atoms with Gasteiger partial charge in [-0.15, -0.1) is 4.99 Å². The highest BCUT2D eigenvalue weighted by Crippen LogP contribution is 2.39. The van der Waals surface area contributed by atoms with Crippen LogP contribution in [0.2, 0.25) is 0 Å². The predicted octanol–water partition coefficient (Wildman–Crippen LogP) is 8.10. The first-order chi connectivity index (χ1) is 21.4. The molecule has 1 aromatic heterocycles. The molecule has 1 saturated heterocycles. The maximum absolute atomic E-state index is 13.9. The fourth-order valence-corrected chi connectivity index (χ4v) is 4.53. The van der Waals surface area contributed by atoms with Crippen molar-refractivity contribution in [3.63, 3.8) is 0 Å². The van der Waals surface area contributed by atoms with E-state index < -0.39 is 35.1 Å². The van der Waals surface area contributed by atoms with Gasteiger partial charge >= 0.3 is 18.4 Å². The Balaban J connectivity index is 1.66. The first-order valence-electron chi connectivity index (χ1n) is 15.7. The highest BCUT2D eigenvalue weighted by atomic mass is 19.4. The van der Waals surface area contributed by atoms with Crippen LogP contribution in [0.5, 0.6) is 5.75 Å². The average molecular weight is 654 g/mol. The molecule has 0 unspecified atom stereocenters. The summed E-state index contributed by atoms with van der Waals surface area (Å²) in [5.41, 5.74) is -2.38. The van der Waals surface area contributed by atoms with Crippen LogP contribution in [-0.2, 0) is 15.7 Å². The minimum atomic E-state index is -4.64. The Bertz CT molecular complexity index is 1340. The molecule has 3 rings (SSSR count). The van der Waals surface area contributed by atoms with Crippen molar-refractivity contribution in [2.75, 3.05) is 19.7 Å². The van der Waals surface area contributed by atoms with Crippen LogP contribution in [0, 0.1) is 0 Å². The first-order valence-corrected chi connectivity index (χ1v) is 15.7. The second kappa shape index (κ2) is 15.6. The number of alkyl halides is 3. The van der Waals surface area contributed by atoms with E-state index in [2.05, 4.69) is 27.4 Å². The number of carbonyl (C=O) groups excluding carboxylic acids is 2. The minimum absolute atomic E-state index is 0.00731. The van der Waals surface area contributed by atoms with E-state index in [0.717, 1.165) is 31.7 Å². The van der Waals surface area contributed by atoms with Crippen molar-refractivity contribution in [2.45, 2.75) is 117 Å². The first kappa shape index (κ1) is 36.6. The number of nitrogens with one attached hydrogen (secondary N) is 1. The number of halogens is 3. The molecular weight excluding hydrogens is 607 g/mol. The number of ether oxygens (including phenoxy) is 3. The monoisotopic (exact) mass is 653 g/mol. The third-order valence-electron chi connectivity index (χ3n) is 6.72. The standard InChI is InChI=1S/C32H46F3N5O6/c1-8-9-10-11-12-13-14-17-43-24-16-15-21(18-23(24)32(33,34)35)25-36-26(46-39-25)22-19-40(20-22)27(37-28(41)44-30(2,3)4)38-29(42)45-31(5,6)7/h15-16,18,22H,8-14,17,19-20H2,1-7H3,(H,37,38,41,42). The van der Waals surface area contributed by atoms with Crippen LogP contribution in [0.25, 0.3) is 11.4 Å². The lowest BCUT2D eigenvalue weighted by molar-refractivity contribution is -0.138. The zero-order valence-electron chi connectivity index (χ0n) is 27.8. The fourth-order valence-electron chi connectivity index (χ4n) is 4.53. The summed E-state index contributed by atoms with van der Waals surface area (Å²) in [4.78, 5) is 34.6. The van der Waals surface area contributed by atoms with Crippen LogP contribution in [0.4, 0.5) is 22.8 Å². The quantitative estimate of drug-likeness (QED) is 0.145. The molecular formula is C32H46F3N5O6. The number of aromatic nitrogens is 2. The summed E-state index contributed by atoms with van der Waals surface area (Å²) in [6, 6.07) is 3.70. The lowest BCUT2D eigenvalue weighted by Crippen LogP contribution is -2.55. The van der Waals surface area contributed by atoms with Crippen molar-refractivity contribution in [3.05, 3.63) is 29.7 Å². The molecule has 0 bridgehead atoms. The van der Waals surface area contributed by atoms with Crippen LogP contribution >= 0.6 is 0 Å². The number of carbonyl (C=O) groups is 2. The second-order valence-electron chi connectivity index (χ2n) is 13.3. The van der Waals surface area contributed by atoms with Crippen molar-refractivity contribution in [3.8, 4) is 17.1 Å². The zero-order valence-corrected chi connectivity index (χ0v) is 27.8. The Hall–Kier alpha value is -3.84. The number of aliphatic imine (C=N–C) groups is 1. The molecule has 256 valence electrons. The summed E-state index contributed by atoms with van der Waals surface area (Å²) in [7, 11) is 0. The summed E-state index contributed by atoms with van der Waals surface area (Å²) in [6.45, 7) is 12.9. The summed E-state index contributed by atoms with van der Waals surface area (Å²) in [5.74, 6) is -0.478. The molecule has 2 amide bonds. The molecule has 46 heavy (non-hydrogen) atoms. The van der Waals surface area contributed by atoms with Gasteiger partial charge in [0.2, 0.25) is 17.7 Å². The van der Waals surface area contributed by atoms with Gasteiger partial charge in [-0.3, -0.25) is 5.32 Å². The predicted molar refractivity (Wildman–Crippen MR) is 166 cm³/mol. The Morgan fingerprint density at radius 2 is 1.61 bits per heavy atom. The molecule has 1 aromatic carbocycles. The third-order valence-corrected chi connectivity index (χ3v) is 6.72. The van der Waals surface area contributed by atoms with Gasteiger partial charge in [-0.2, -0.15) is 18.2 Å². The molecule has 0 radical (unpaired) electrons. The fraction of sp³-hybridized carbons (Fsp3) is 0.656. The van der Waals surface area contributed by atoms with E-state index in [4.69, 9.17) is 18.7 Å². The SMILES string of the molecule is CCCCCCCCCOc1ccc(-c2noc(C3CN(/C(=N/C(=O)OC(C)(C)C)NC(=O)OC(C)(C)C)C3)n2)cc1C(F)(F)F. The molecule has 2 aromatic rings. The Morgan fingerprint density at radius 3 is 2.22 bits per heavy atom. The number of hydrogen-bond acceptors (Lipinski definition) is 8. The third kappa shape index (κ3) is 11.8. The molecule has 0 saturated carbocycles. The molecule has 1 N–H and O–H groups in total. The molecule has 2 heterocycles. The molecule has 1 fully saturated rings. The molecule has 0 spiro atoms. The van der Waals surface area contributed by atoms with Gasteiger partial charge in [0.15, 0.2) is 0 Å². The average Bonchev–Trinajstić information content (AvgIpc) is 3.36. The highest BCUT2D eigenvalue weighted by molar-refractivity contribution is 5.99. The molecule has 11 nitrogen and oxygen atoms in total. The van der Waals surface area contributed by atoms with E-state index in [1.54, 1.807) is 46.4 Å². The van der Waals surface area contributed by atoms with Crippen molar-refractivity contribution < 1.29 is 41.5 Å². The minimum Gasteiger partial charge on any atom is -0.493 e. The van der Waals surface area contributed by atoms with E-state index in [1.807, 2.05) is 0 Å². The van der Waals surface area contributed by atoms with E-state index in [1.165, 1.54) is 25.0 Å². The van der Waals surface area contributed by atoms with Crippen LogP contribution in [-0.4, -0.2) is 64.1 Å². The number of alkyl carbamates (subject to hydrolysis) is 1. The van der Waals surface area contributed by atoms with Gasteiger partial charge in [-0.25, -0.2) is 9.59 Å². The van der Waals surface area contributed by atoms with Gasteiger partial charge in [0, 0.05) is 18.7 Å². The van der Waals surface area contributed by atoms with Gasteiger partial charge in [0.1, 0.15) is 17.0 Å². The largest absolute Gasteiger partial charge is 0.493 e. The second-order valence-corrected chi connectivity index (χ2v) is 13.3. The lowest BCUT2D eigenvalue weighted by Gasteiger charge is -2.39. The number of guanidine groups is 1. The smallest absolute Gasteiger partial charge is 0.437 e. The number of likely N-dealkylation sites (tertiary alicyclic amines) is 1. The number of benzene rings is 1. The van der Waals surface area contributed by atoms with Gasteiger partial charge in [0.05, 0.1) is 18.1 Å². The number of nitrogens with zero attached hydrogens (tertiary/aromatic N) is 4. The Labute approximate surface area is 268 Å². The topological polar surface area (TPSA) is 128 Å². The van der Waals surface area contributed by atoms with Gasteiger partial charge in [-0.1, -0.05) is 50.6 Å². The molecule has 0 aliphatic carbocycles. The number of amides is 2. The molecule has 1 aliphatic heterocycles. The maximum atomic E-state index is 13.9. The van der Waals surface area contributed by atoms with Gasteiger partial charge in [-0.05, 0) is 66.2 Å². The zero-order chi connectivity index (χ0) is 34.1. The summed E-state index contributed by atoms with van der Waals surface area (Å²) in [5, 5.41) is 6.38. The van der Waals surface area contributed by atoms with Crippen molar-refractivity contribution in [1.29, 1.82) is 0 Å². The number of hydrogen-bond donors (Lipinski definition) is 1. The van der Waals surface area contributed by atoms with E-state index >= 15 is 0 Å². The normalized spacial score (nSPS) is 14.6. The summed E-state index contributed by atoms with van der Waals surface area (Å²) >= 11 is 0. The van der Waals surface area contributed by atoms with Crippen molar-refractivity contribution in [1.82, 2.24) is 20.4 Å². The van der Waals surface area contributed by atoms with E-state index in [-0.39, 0.29) is 54.6 Å². The maximum Gasteiger partial charge on any atom is 0.437 e. The van der Waals surface area contributed by atoms with Gasteiger partial charge < -0.3 is 23.6 Å². The van der Waals surface area contributed by atoms with Crippen molar-refractivity contribution in [2.24, 2.45) is 4.99 Å². The highest BCUT2D eigenvalue weighted by Gasteiger charge is 2.38. The van der Waals surface area contributed by atoms with Crippen molar-refractivity contribution >= 4 is 18.1 Å².